The van der Waals surface area contributed by atoms with E-state index in [1.54, 1.807) is 12.1 Å². The van der Waals surface area contributed by atoms with Crippen LogP contribution in [0.25, 0.3) is 10.9 Å². The highest BCUT2D eigenvalue weighted by atomic mass is 16.4. The van der Waals surface area contributed by atoms with Gasteiger partial charge >= 0.3 is 5.97 Å². The second kappa shape index (κ2) is 3.01. The van der Waals surface area contributed by atoms with Gasteiger partial charge in [0.05, 0.1) is 5.52 Å². The van der Waals surface area contributed by atoms with Crippen LogP contribution >= 0.6 is 0 Å². The van der Waals surface area contributed by atoms with Crippen molar-refractivity contribution in [2.24, 2.45) is 0 Å². The van der Waals surface area contributed by atoms with Gasteiger partial charge in [-0.2, -0.15) is 0 Å². The molecular weight excluding hydrogens is 206 g/mol. The normalized spacial score (nSPS) is 18.9. The van der Waals surface area contributed by atoms with E-state index in [1.807, 2.05) is 16.7 Å². The topological polar surface area (TPSA) is 62.5 Å². The van der Waals surface area contributed by atoms with Crippen molar-refractivity contribution in [2.75, 3.05) is 0 Å². The van der Waals surface area contributed by atoms with Gasteiger partial charge in [0, 0.05) is 17.1 Å². The van der Waals surface area contributed by atoms with Crippen LogP contribution in [-0.4, -0.2) is 20.7 Å². The average Bonchev–Trinajstić information content (AvgIpc) is 2.76. The number of benzene rings is 1. The predicted octanol–water partition coefficient (Wildman–Crippen LogP) is 1.92. The Bertz CT molecular complexity index is 585. The number of aromatic nitrogens is 1. The van der Waals surface area contributed by atoms with Gasteiger partial charge in [-0.15, -0.1) is 0 Å². The first-order valence-corrected chi connectivity index (χ1v) is 5.22. The molecule has 4 nitrogen and oxygen atoms in total. The molecule has 0 fully saturated rings. The fourth-order valence-corrected chi connectivity index (χ4v) is 2.47. The number of carbonyl (C=O) groups is 1. The number of hydrogen-bond acceptors (Lipinski definition) is 2. The van der Waals surface area contributed by atoms with Crippen molar-refractivity contribution in [1.29, 1.82) is 0 Å². The van der Waals surface area contributed by atoms with E-state index in [4.69, 9.17) is 5.11 Å². The van der Waals surface area contributed by atoms with Gasteiger partial charge < -0.3 is 14.8 Å². The van der Waals surface area contributed by atoms with Crippen molar-refractivity contribution in [3.8, 4) is 5.75 Å². The van der Waals surface area contributed by atoms with Crippen LogP contribution in [0, 0.1) is 0 Å². The lowest BCUT2D eigenvalue weighted by Crippen LogP contribution is -2.14. The van der Waals surface area contributed by atoms with Crippen LogP contribution in [-0.2, 0) is 11.2 Å². The Morgan fingerprint density at radius 2 is 2.19 bits per heavy atom. The number of aromatic hydroxyl groups is 1. The maximum Gasteiger partial charge on any atom is 0.326 e. The Morgan fingerprint density at radius 1 is 1.38 bits per heavy atom. The maximum atomic E-state index is 11.1. The van der Waals surface area contributed by atoms with E-state index >= 15 is 0 Å². The largest absolute Gasteiger partial charge is 0.508 e. The zero-order chi connectivity index (χ0) is 11.3. The summed E-state index contributed by atoms with van der Waals surface area (Å²) in [4.78, 5) is 11.1. The van der Waals surface area contributed by atoms with Crippen molar-refractivity contribution >= 4 is 16.9 Å². The fraction of sp³-hybridized carbons (Fsp3) is 0.250. The molecule has 1 atom stereocenters. The smallest absolute Gasteiger partial charge is 0.326 e. The number of aryl methyl sites for hydroxylation is 1. The quantitative estimate of drug-likeness (QED) is 0.767. The molecule has 16 heavy (non-hydrogen) atoms. The zero-order valence-corrected chi connectivity index (χ0v) is 8.55. The highest BCUT2D eigenvalue weighted by Gasteiger charge is 2.29. The first kappa shape index (κ1) is 9.27. The van der Waals surface area contributed by atoms with Gasteiger partial charge in [0.1, 0.15) is 11.8 Å². The summed E-state index contributed by atoms with van der Waals surface area (Å²) in [5, 5.41) is 19.6. The lowest BCUT2D eigenvalue weighted by molar-refractivity contribution is -0.140. The monoisotopic (exact) mass is 217 g/mol. The molecule has 1 aromatic heterocycles. The van der Waals surface area contributed by atoms with E-state index in [2.05, 4.69) is 0 Å². The first-order valence-electron chi connectivity index (χ1n) is 5.22. The van der Waals surface area contributed by atoms with Crippen molar-refractivity contribution in [1.82, 2.24) is 4.57 Å². The lowest BCUT2D eigenvalue weighted by atomic mass is 10.1. The molecule has 0 saturated heterocycles. The zero-order valence-electron chi connectivity index (χ0n) is 8.55. The Morgan fingerprint density at radius 3 is 2.94 bits per heavy atom. The van der Waals surface area contributed by atoms with Crippen LogP contribution in [0.1, 0.15) is 18.2 Å². The third-order valence-electron chi connectivity index (χ3n) is 3.18. The van der Waals surface area contributed by atoms with Gasteiger partial charge in [-0.1, -0.05) is 0 Å². The van der Waals surface area contributed by atoms with Crippen LogP contribution < -0.4 is 0 Å². The van der Waals surface area contributed by atoms with Crippen molar-refractivity contribution in [3.63, 3.8) is 0 Å². The van der Waals surface area contributed by atoms with Gasteiger partial charge in [0.15, 0.2) is 0 Å². The van der Waals surface area contributed by atoms with Crippen LogP contribution in [0.4, 0.5) is 0 Å². The molecule has 1 unspecified atom stereocenters. The van der Waals surface area contributed by atoms with E-state index < -0.39 is 12.0 Å². The highest BCUT2D eigenvalue weighted by molar-refractivity contribution is 5.86. The second-order valence-electron chi connectivity index (χ2n) is 4.14. The van der Waals surface area contributed by atoms with Crippen molar-refractivity contribution in [3.05, 3.63) is 30.0 Å². The molecule has 3 rings (SSSR count). The molecule has 2 heterocycles. The summed E-state index contributed by atoms with van der Waals surface area (Å²) in [7, 11) is 0. The first-order chi connectivity index (χ1) is 7.66. The molecule has 2 aromatic rings. The third-order valence-corrected chi connectivity index (χ3v) is 3.18. The van der Waals surface area contributed by atoms with Crippen molar-refractivity contribution in [2.45, 2.75) is 18.9 Å². The van der Waals surface area contributed by atoms with Crippen LogP contribution in [0.15, 0.2) is 24.3 Å². The third kappa shape index (κ3) is 1.13. The van der Waals surface area contributed by atoms with Gasteiger partial charge in [-0.3, -0.25) is 0 Å². The summed E-state index contributed by atoms with van der Waals surface area (Å²) < 4.78 is 1.82. The highest BCUT2D eigenvalue weighted by Crippen LogP contribution is 2.34. The summed E-state index contributed by atoms with van der Waals surface area (Å²) in [6.45, 7) is 0. The average molecular weight is 217 g/mol. The fourth-order valence-electron chi connectivity index (χ4n) is 2.47. The number of phenolic OH excluding ortho intramolecular Hbond substituents is 1. The Hall–Kier alpha value is -1.97. The molecule has 0 bridgehead atoms. The number of phenols is 1. The summed E-state index contributed by atoms with van der Waals surface area (Å²) in [5.74, 6) is -0.635. The SMILES string of the molecule is O=C(O)C1CCc2cc3ccc(O)cc3n21. The molecule has 0 spiro atoms. The van der Waals surface area contributed by atoms with Crippen LogP contribution in [0.5, 0.6) is 5.75 Å². The Balaban J connectivity index is 2.29. The summed E-state index contributed by atoms with van der Waals surface area (Å²) in [5.41, 5.74) is 1.84. The van der Waals surface area contributed by atoms with E-state index in [1.165, 1.54) is 0 Å². The molecule has 82 valence electrons. The summed E-state index contributed by atoms with van der Waals surface area (Å²) in [6, 6.07) is 6.56. The minimum Gasteiger partial charge on any atom is -0.508 e. The molecule has 1 aromatic carbocycles. The van der Waals surface area contributed by atoms with E-state index in [0.29, 0.717) is 6.42 Å². The molecule has 2 N–H and O–H groups in total. The van der Waals surface area contributed by atoms with E-state index in [-0.39, 0.29) is 5.75 Å². The van der Waals surface area contributed by atoms with E-state index in [0.717, 1.165) is 23.0 Å². The molecule has 1 aliphatic rings. The van der Waals surface area contributed by atoms with Gasteiger partial charge in [-0.25, -0.2) is 4.79 Å². The molecule has 4 heteroatoms. The maximum absolute atomic E-state index is 11.1. The molecule has 0 aliphatic carbocycles. The lowest BCUT2D eigenvalue weighted by Gasteiger charge is -2.09. The number of aliphatic carboxylic acids is 1. The van der Waals surface area contributed by atoms with Gasteiger partial charge in [-0.05, 0) is 31.0 Å². The second-order valence-corrected chi connectivity index (χ2v) is 4.14. The number of carboxylic acid groups (broad SMARTS) is 1. The van der Waals surface area contributed by atoms with Gasteiger partial charge in [0.25, 0.3) is 0 Å². The number of nitrogens with zero attached hydrogens (tertiary/aromatic N) is 1. The van der Waals surface area contributed by atoms with E-state index in [9.17, 15) is 9.90 Å². The van der Waals surface area contributed by atoms with Crippen molar-refractivity contribution < 1.29 is 15.0 Å². The predicted molar refractivity (Wildman–Crippen MR) is 58.6 cm³/mol. The number of carboxylic acids is 1. The summed E-state index contributed by atoms with van der Waals surface area (Å²) >= 11 is 0. The summed E-state index contributed by atoms with van der Waals surface area (Å²) in [6.07, 6.45) is 1.42. The standard InChI is InChI=1S/C12H11NO3/c14-9-3-1-7-5-8-2-4-10(12(15)16)13(8)11(7)6-9/h1,3,5-6,10,14H,2,4H2,(H,15,16). The molecule has 1 aliphatic heterocycles. The van der Waals surface area contributed by atoms with Crippen LogP contribution in [0.3, 0.4) is 0 Å². The van der Waals surface area contributed by atoms with Crippen LogP contribution in [0.2, 0.25) is 0 Å². The minimum absolute atomic E-state index is 0.171. The molecule has 0 radical (unpaired) electrons. The Kier molecular flexibility index (Phi) is 1.74. The Labute approximate surface area is 91.7 Å². The van der Waals surface area contributed by atoms with Gasteiger partial charge in [0.2, 0.25) is 0 Å². The number of fused-ring (bicyclic) bond motifs is 3. The molecule has 0 saturated carbocycles. The molecule has 0 amide bonds. The number of rotatable bonds is 1. The molecular formula is C12H11NO3. The minimum atomic E-state index is -0.806. The number of hydrogen-bond donors (Lipinski definition) is 2.